The zero-order chi connectivity index (χ0) is 27.1. The van der Waals surface area contributed by atoms with E-state index in [1.807, 2.05) is 13.0 Å². The van der Waals surface area contributed by atoms with Crippen molar-refractivity contribution in [1.82, 2.24) is 0 Å². The van der Waals surface area contributed by atoms with Gasteiger partial charge < -0.3 is 15.1 Å². The van der Waals surface area contributed by atoms with Gasteiger partial charge in [0.25, 0.3) is 10.0 Å². The summed E-state index contributed by atoms with van der Waals surface area (Å²) >= 11 is 0. The van der Waals surface area contributed by atoms with Gasteiger partial charge in [-0.1, -0.05) is 37.0 Å². The Balaban J connectivity index is 0.000000572. The van der Waals surface area contributed by atoms with Crippen molar-refractivity contribution < 1.29 is 41.4 Å². The van der Waals surface area contributed by atoms with Crippen molar-refractivity contribution in [2.24, 2.45) is 0 Å². The minimum Gasteiger partial charge on any atom is -0.478 e. The predicted molar refractivity (Wildman–Crippen MR) is 129 cm³/mol. The lowest BCUT2D eigenvalue weighted by atomic mass is 10.1. The molecule has 0 atom stereocenters. The zero-order valence-corrected chi connectivity index (χ0v) is 20.7. The smallest absolute Gasteiger partial charge is 0.478 e. The van der Waals surface area contributed by atoms with Gasteiger partial charge in [-0.2, -0.15) is 13.2 Å². The van der Waals surface area contributed by atoms with Crippen LogP contribution in [-0.2, 0) is 14.8 Å². The summed E-state index contributed by atoms with van der Waals surface area (Å²) < 4.78 is 59.9. The van der Waals surface area contributed by atoms with Crippen molar-refractivity contribution in [2.45, 2.75) is 57.0 Å². The molecule has 0 unspecified atom stereocenters. The van der Waals surface area contributed by atoms with E-state index in [2.05, 4.69) is 9.62 Å². The number of aryl methyl sites for hydroxylation is 2. The van der Waals surface area contributed by atoms with E-state index in [1.54, 1.807) is 31.2 Å². The summed E-state index contributed by atoms with van der Waals surface area (Å²) in [5.74, 6) is -3.82. The first kappa shape index (κ1) is 29.0. The largest absolute Gasteiger partial charge is 0.490 e. The number of aliphatic carboxylic acids is 1. The highest BCUT2D eigenvalue weighted by atomic mass is 32.2. The second kappa shape index (κ2) is 12.1. The van der Waals surface area contributed by atoms with Gasteiger partial charge in [0.2, 0.25) is 0 Å². The number of carboxylic acids is 2. The Labute approximate surface area is 207 Å². The average molecular weight is 531 g/mol. The highest BCUT2D eigenvalue weighted by molar-refractivity contribution is 7.92. The van der Waals surface area contributed by atoms with Crippen LogP contribution in [-0.4, -0.2) is 49.8 Å². The molecule has 0 aliphatic carbocycles. The number of nitrogens with one attached hydrogen (secondary N) is 1. The molecule has 0 bridgehead atoms. The summed E-state index contributed by atoms with van der Waals surface area (Å²) in [6.45, 7) is 5.27. The molecule has 2 aromatic rings. The molecule has 0 amide bonds. The third-order valence-corrected chi connectivity index (χ3v) is 7.08. The van der Waals surface area contributed by atoms with Crippen LogP contribution in [0.3, 0.4) is 0 Å². The molecule has 8 nitrogen and oxygen atoms in total. The topological polar surface area (TPSA) is 124 Å². The Kier molecular flexibility index (Phi) is 9.74. The molecule has 0 aromatic heterocycles. The fourth-order valence-electron chi connectivity index (χ4n) is 3.85. The van der Waals surface area contributed by atoms with Gasteiger partial charge in [0.15, 0.2) is 0 Å². The highest BCUT2D eigenvalue weighted by Crippen LogP contribution is 2.28. The molecule has 3 N–H and O–H groups in total. The van der Waals surface area contributed by atoms with E-state index < -0.39 is 28.1 Å². The maximum Gasteiger partial charge on any atom is 0.490 e. The number of nitrogens with zero attached hydrogens (tertiary/aromatic N) is 1. The SMILES string of the molecule is Cc1ccc(S(=O)(=O)Nc2ccc(N3CCCCCCC3)c(C(=O)O)c2)c(C)c1.O=C(O)C(F)(F)F. The van der Waals surface area contributed by atoms with Crippen LogP contribution in [0, 0.1) is 13.8 Å². The fourth-order valence-corrected chi connectivity index (χ4v) is 5.12. The zero-order valence-electron chi connectivity index (χ0n) is 19.9. The lowest BCUT2D eigenvalue weighted by molar-refractivity contribution is -0.192. The van der Waals surface area contributed by atoms with Crippen LogP contribution >= 0.6 is 0 Å². The first-order chi connectivity index (χ1) is 16.7. The van der Waals surface area contributed by atoms with Crippen LogP contribution in [0.5, 0.6) is 0 Å². The van der Waals surface area contributed by atoms with Crippen LogP contribution < -0.4 is 9.62 Å². The second-order valence-electron chi connectivity index (χ2n) is 8.47. The summed E-state index contributed by atoms with van der Waals surface area (Å²) in [5.41, 5.74) is 2.64. The van der Waals surface area contributed by atoms with E-state index in [0.29, 0.717) is 11.3 Å². The average Bonchev–Trinajstić information content (AvgIpc) is 2.73. The van der Waals surface area contributed by atoms with Gasteiger partial charge >= 0.3 is 18.1 Å². The van der Waals surface area contributed by atoms with Crippen molar-refractivity contribution in [3.8, 4) is 0 Å². The summed E-state index contributed by atoms with van der Waals surface area (Å²) in [4.78, 5) is 23.1. The molecule has 0 spiro atoms. The first-order valence-corrected chi connectivity index (χ1v) is 12.7. The Bertz CT molecular complexity index is 1190. The van der Waals surface area contributed by atoms with E-state index in [1.165, 1.54) is 12.5 Å². The van der Waals surface area contributed by atoms with E-state index >= 15 is 0 Å². The molecule has 36 heavy (non-hydrogen) atoms. The molecule has 12 heteroatoms. The maximum absolute atomic E-state index is 12.8. The Hall–Kier alpha value is -3.28. The molecule has 0 saturated carbocycles. The molecule has 0 radical (unpaired) electrons. The number of carbonyl (C=O) groups is 2. The van der Waals surface area contributed by atoms with Crippen molar-refractivity contribution >= 4 is 33.3 Å². The first-order valence-electron chi connectivity index (χ1n) is 11.2. The third-order valence-electron chi connectivity index (χ3n) is 5.54. The molecule has 1 aliphatic heterocycles. The quantitative estimate of drug-likeness (QED) is 0.485. The number of aromatic carboxylic acids is 1. The molecule has 1 saturated heterocycles. The number of benzene rings is 2. The van der Waals surface area contributed by atoms with Gasteiger partial charge in [-0.3, -0.25) is 4.72 Å². The lowest BCUT2D eigenvalue weighted by Gasteiger charge is -2.28. The summed E-state index contributed by atoms with van der Waals surface area (Å²) in [6, 6.07) is 9.89. The lowest BCUT2D eigenvalue weighted by Crippen LogP contribution is -2.28. The molecule has 1 fully saturated rings. The monoisotopic (exact) mass is 530 g/mol. The van der Waals surface area contributed by atoms with E-state index in [0.717, 1.165) is 44.3 Å². The van der Waals surface area contributed by atoms with Crippen molar-refractivity contribution in [1.29, 1.82) is 0 Å². The summed E-state index contributed by atoms with van der Waals surface area (Å²) in [7, 11) is -3.81. The van der Waals surface area contributed by atoms with Gasteiger partial charge in [0.05, 0.1) is 16.1 Å². The van der Waals surface area contributed by atoms with Crippen LogP contribution in [0.15, 0.2) is 41.3 Å². The summed E-state index contributed by atoms with van der Waals surface area (Å²) in [5, 5.41) is 16.9. The van der Waals surface area contributed by atoms with E-state index in [9.17, 15) is 31.5 Å². The number of sulfonamides is 1. The normalized spacial score (nSPS) is 14.6. The molecular weight excluding hydrogens is 501 g/mol. The van der Waals surface area contributed by atoms with Crippen LogP contribution in [0.2, 0.25) is 0 Å². The number of rotatable bonds is 5. The molecular formula is C24H29F3N2O6S. The number of halogens is 3. The molecule has 1 aliphatic rings. The minimum absolute atomic E-state index is 0.117. The van der Waals surface area contributed by atoms with Crippen molar-refractivity contribution in [2.75, 3.05) is 22.7 Å². The number of carboxylic acid groups (broad SMARTS) is 2. The van der Waals surface area contributed by atoms with Gasteiger partial charge in [0, 0.05) is 18.8 Å². The van der Waals surface area contributed by atoms with Gasteiger partial charge in [-0.25, -0.2) is 18.0 Å². The molecule has 2 aromatic carbocycles. The molecule has 198 valence electrons. The van der Waals surface area contributed by atoms with Crippen molar-refractivity contribution in [3.05, 3.63) is 53.1 Å². The Morgan fingerprint density at radius 2 is 1.47 bits per heavy atom. The number of alkyl halides is 3. The summed E-state index contributed by atoms with van der Waals surface area (Å²) in [6.07, 6.45) is 0.485. The Morgan fingerprint density at radius 3 is 1.97 bits per heavy atom. The standard InChI is InChI=1S/C22H28N2O4S.C2HF3O2/c1-16-8-11-21(17(2)14-16)29(27,28)23-18-9-10-20(19(15-18)22(25)26)24-12-6-4-3-5-7-13-24;3-2(4,5)1(6)7/h8-11,14-15,23H,3-7,12-13H2,1-2H3,(H,25,26);(H,6,7). The number of anilines is 2. The van der Waals surface area contributed by atoms with Gasteiger partial charge in [0.1, 0.15) is 0 Å². The maximum atomic E-state index is 12.8. The molecule has 1 heterocycles. The number of hydrogen-bond donors (Lipinski definition) is 3. The minimum atomic E-state index is -5.08. The van der Waals surface area contributed by atoms with Crippen LogP contribution in [0.4, 0.5) is 24.5 Å². The highest BCUT2D eigenvalue weighted by Gasteiger charge is 2.38. The fraction of sp³-hybridized carbons (Fsp3) is 0.417. The van der Waals surface area contributed by atoms with Crippen LogP contribution in [0.1, 0.15) is 53.6 Å². The van der Waals surface area contributed by atoms with Crippen LogP contribution in [0.25, 0.3) is 0 Å². The third kappa shape index (κ3) is 8.14. The Morgan fingerprint density at radius 1 is 0.917 bits per heavy atom. The van der Waals surface area contributed by atoms with E-state index in [-0.39, 0.29) is 16.1 Å². The van der Waals surface area contributed by atoms with Crippen molar-refractivity contribution in [3.63, 3.8) is 0 Å². The van der Waals surface area contributed by atoms with E-state index in [4.69, 9.17) is 9.90 Å². The predicted octanol–water partition coefficient (Wildman–Crippen LogP) is 5.21. The second-order valence-corrected chi connectivity index (χ2v) is 10.1. The number of hydrogen-bond acceptors (Lipinski definition) is 5. The molecule has 3 rings (SSSR count). The van der Waals surface area contributed by atoms with Gasteiger partial charge in [-0.05, 0) is 56.5 Å². The van der Waals surface area contributed by atoms with Gasteiger partial charge in [-0.15, -0.1) is 0 Å².